The normalized spacial score (nSPS) is 9.50. The van der Waals surface area contributed by atoms with Crippen LogP contribution >= 0.6 is 15.9 Å². The molecule has 0 aromatic carbocycles. The number of carbonyl (C=O) groups is 1. The Hall–Kier alpha value is -0.940. The van der Waals surface area contributed by atoms with Crippen LogP contribution in [0.2, 0.25) is 0 Å². The van der Waals surface area contributed by atoms with Gasteiger partial charge in [-0.25, -0.2) is 0 Å². The lowest BCUT2D eigenvalue weighted by atomic mass is 10.4. The predicted octanol–water partition coefficient (Wildman–Crippen LogP) is 0.775. The summed E-state index contributed by atoms with van der Waals surface area (Å²) in [5.74, 6) is -0.443. The highest BCUT2D eigenvalue weighted by Gasteiger charge is 2.02. The van der Waals surface area contributed by atoms with Gasteiger partial charge in [0.15, 0.2) is 0 Å². The van der Waals surface area contributed by atoms with E-state index in [1.807, 2.05) is 0 Å². The van der Waals surface area contributed by atoms with Crippen LogP contribution in [0.5, 0.6) is 0 Å². The average molecular weight is 231 g/mol. The zero-order valence-corrected chi connectivity index (χ0v) is 7.71. The van der Waals surface area contributed by atoms with Crippen LogP contribution in [0.15, 0.2) is 22.9 Å². The largest absolute Gasteiger partial charge is 0.387 e. The van der Waals surface area contributed by atoms with E-state index in [0.717, 1.165) is 0 Å². The number of anilines is 1. The number of hydrogen-bond donors (Lipinski definition) is 2. The number of halogens is 1. The van der Waals surface area contributed by atoms with Gasteiger partial charge < -0.3 is 10.4 Å². The molecule has 1 heterocycles. The van der Waals surface area contributed by atoms with Crippen LogP contribution in [-0.4, -0.2) is 22.6 Å². The number of nitrogens with zero attached hydrogens (tertiary/aromatic N) is 1. The number of aromatic nitrogens is 1. The van der Waals surface area contributed by atoms with Crippen molar-refractivity contribution in [1.82, 2.24) is 4.98 Å². The molecule has 5 heteroatoms. The van der Waals surface area contributed by atoms with Crippen molar-refractivity contribution in [3.05, 3.63) is 22.9 Å². The van der Waals surface area contributed by atoms with Gasteiger partial charge in [0.1, 0.15) is 6.61 Å². The number of nitrogens with one attached hydrogen (secondary N) is 1. The van der Waals surface area contributed by atoms with Gasteiger partial charge in [0.05, 0.1) is 10.2 Å². The Morgan fingerprint density at radius 3 is 3.08 bits per heavy atom. The van der Waals surface area contributed by atoms with Crippen molar-refractivity contribution in [3.8, 4) is 0 Å². The van der Waals surface area contributed by atoms with Crippen LogP contribution in [0, 0.1) is 0 Å². The third-order valence-corrected chi connectivity index (χ3v) is 1.82. The van der Waals surface area contributed by atoms with Crippen molar-refractivity contribution >= 4 is 27.5 Å². The number of rotatable bonds is 2. The summed E-state index contributed by atoms with van der Waals surface area (Å²) in [7, 11) is 0. The van der Waals surface area contributed by atoms with E-state index < -0.39 is 12.5 Å². The quantitative estimate of drug-likeness (QED) is 0.790. The molecule has 0 radical (unpaired) electrons. The second kappa shape index (κ2) is 4.18. The van der Waals surface area contributed by atoms with Gasteiger partial charge in [-0.3, -0.25) is 9.78 Å². The summed E-state index contributed by atoms with van der Waals surface area (Å²) in [5.41, 5.74) is 0.601. The fourth-order valence-electron chi connectivity index (χ4n) is 0.666. The highest BCUT2D eigenvalue weighted by atomic mass is 79.9. The summed E-state index contributed by atoms with van der Waals surface area (Å²) in [6.07, 6.45) is 3.12. The Kier molecular flexibility index (Phi) is 3.19. The molecule has 0 fully saturated rings. The van der Waals surface area contributed by atoms with E-state index >= 15 is 0 Å². The highest BCUT2D eigenvalue weighted by molar-refractivity contribution is 9.10. The molecule has 12 heavy (non-hydrogen) atoms. The number of aliphatic hydroxyl groups is 1. The molecule has 1 aromatic heterocycles. The van der Waals surface area contributed by atoms with E-state index in [9.17, 15) is 4.79 Å². The second-order valence-electron chi connectivity index (χ2n) is 2.06. The molecule has 4 nitrogen and oxygen atoms in total. The number of aliphatic hydroxyl groups excluding tert-OH is 1. The van der Waals surface area contributed by atoms with Gasteiger partial charge in [-0.2, -0.15) is 0 Å². The SMILES string of the molecule is O=C(CO)Nc1ccncc1Br. The molecule has 0 unspecified atom stereocenters. The fraction of sp³-hybridized carbons (Fsp3) is 0.143. The molecule has 0 bridgehead atoms. The Morgan fingerprint density at radius 2 is 2.50 bits per heavy atom. The maximum atomic E-state index is 10.7. The molecule has 0 saturated carbocycles. The van der Waals surface area contributed by atoms with Crippen LogP contribution < -0.4 is 5.32 Å². The van der Waals surface area contributed by atoms with Gasteiger partial charge in [-0.1, -0.05) is 0 Å². The standard InChI is InChI=1S/C7H7BrN2O2/c8-5-3-9-2-1-6(5)10-7(12)4-11/h1-3,11H,4H2,(H,9,10,12). The minimum absolute atomic E-state index is 0.443. The first-order chi connectivity index (χ1) is 5.74. The first-order valence-electron chi connectivity index (χ1n) is 3.24. The summed E-state index contributed by atoms with van der Waals surface area (Å²) in [6, 6.07) is 1.64. The van der Waals surface area contributed by atoms with Crippen molar-refractivity contribution in [2.24, 2.45) is 0 Å². The van der Waals surface area contributed by atoms with Gasteiger partial charge in [-0.05, 0) is 22.0 Å². The number of hydrogen-bond acceptors (Lipinski definition) is 3. The second-order valence-corrected chi connectivity index (χ2v) is 2.92. The predicted molar refractivity (Wildman–Crippen MR) is 47.7 cm³/mol. The molecule has 0 aliphatic rings. The zero-order chi connectivity index (χ0) is 8.97. The molecular weight excluding hydrogens is 224 g/mol. The molecule has 64 valence electrons. The lowest BCUT2D eigenvalue weighted by Gasteiger charge is -2.03. The van der Waals surface area contributed by atoms with Crippen molar-refractivity contribution in [2.75, 3.05) is 11.9 Å². The lowest BCUT2D eigenvalue weighted by molar-refractivity contribution is -0.118. The van der Waals surface area contributed by atoms with E-state index in [1.165, 1.54) is 0 Å². The summed E-state index contributed by atoms with van der Waals surface area (Å²) in [4.78, 5) is 14.5. The number of pyridine rings is 1. The minimum Gasteiger partial charge on any atom is -0.387 e. The fourth-order valence-corrected chi connectivity index (χ4v) is 1.02. The number of amides is 1. The number of carbonyl (C=O) groups excluding carboxylic acids is 1. The first kappa shape index (κ1) is 9.15. The van der Waals surface area contributed by atoms with E-state index in [1.54, 1.807) is 18.5 Å². The van der Waals surface area contributed by atoms with Crippen molar-refractivity contribution in [1.29, 1.82) is 0 Å². The monoisotopic (exact) mass is 230 g/mol. The van der Waals surface area contributed by atoms with Crippen LogP contribution in [0.4, 0.5) is 5.69 Å². The van der Waals surface area contributed by atoms with Gasteiger partial charge in [-0.15, -0.1) is 0 Å². The Balaban J connectivity index is 2.75. The molecule has 0 spiro atoms. The molecule has 0 aliphatic carbocycles. The lowest BCUT2D eigenvalue weighted by Crippen LogP contribution is -2.15. The van der Waals surface area contributed by atoms with Gasteiger partial charge in [0, 0.05) is 12.4 Å². The van der Waals surface area contributed by atoms with E-state index in [-0.39, 0.29) is 0 Å². The van der Waals surface area contributed by atoms with Crippen molar-refractivity contribution in [2.45, 2.75) is 0 Å². The third kappa shape index (κ3) is 2.28. The van der Waals surface area contributed by atoms with E-state index in [0.29, 0.717) is 10.2 Å². The summed E-state index contributed by atoms with van der Waals surface area (Å²) in [5, 5.41) is 10.9. The van der Waals surface area contributed by atoms with Crippen LogP contribution in [0.3, 0.4) is 0 Å². The maximum Gasteiger partial charge on any atom is 0.250 e. The summed E-state index contributed by atoms with van der Waals surface area (Å²) >= 11 is 3.20. The Labute approximate surface area is 77.8 Å². The van der Waals surface area contributed by atoms with Gasteiger partial charge in [0.25, 0.3) is 0 Å². The Morgan fingerprint density at radius 1 is 1.75 bits per heavy atom. The van der Waals surface area contributed by atoms with Crippen LogP contribution in [-0.2, 0) is 4.79 Å². The molecule has 1 rings (SSSR count). The van der Waals surface area contributed by atoms with Gasteiger partial charge in [0.2, 0.25) is 5.91 Å². The smallest absolute Gasteiger partial charge is 0.250 e. The zero-order valence-electron chi connectivity index (χ0n) is 6.12. The highest BCUT2D eigenvalue weighted by Crippen LogP contribution is 2.19. The van der Waals surface area contributed by atoms with Crippen LogP contribution in [0.1, 0.15) is 0 Å². The van der Waals surface area contributed by atoms with E-state index in [2.05, 4.69) is 26.2 Å². The van der Waals surface area contributed by atoms with Crippen molar-refractivity contribution < 1.29 is 9.90 Å². The van der Waals surface area contributed by atoms with Gasteiger partial charge >= 0.3 is 0 Å². The Bertz CT molecular complexity index is 290. The van der Waals surface area contributed by atoms with E-state index in [4.69, 9.17) is 5.11 Å². The molecule has 0 aliphatic heterocycles. The van der Waals surface area contributed by atoms with Crippen molar-refractivity contribution in [3.63, 3.8) is 0 Å². The minimum atomic E-state index is -0.519. The molecule has 1 aromatic rings. The molecular formula is C7H7BrN2O2. The van der Waals surface area contributed by atoms with Crippen LogP contribution in [0.25, 0.3) is 0 Å². The average Bonchev–Trinajstić information content (AvgIpc) is 2.09. The molecule has 0 saturated heterocycles. The third-order valence-electron chi connectivity index (χ3n) is 1.19. The maximum absolute atomic E-state index is 10.7. The topological polar surface area (TPSA) is 62.2 Å². The molecule has 1 amide bonds. The first-order valence-corrected chi connectivity index (χ1v) is 4.03. The summed E-state index contributed by atoms with van der Waals surface area (Å²) < 4.78 is 0.687. The summed E-state index contributed by atoms with van der Waals surface area (Å²) in [6.45, 7) is -0.519. The molecule has 2 N–H and O–H groups in total. The molecule has 0 atom stereocenters.